The normalized spacial score (nSPS) is 8.67. The zero-order valence-corrected chi connectivity index (χ0v) is 8.65. The zero-order valence-electron chi connectivity index (χ0n) is 7.83. The Morgan fingerprint density at radius 1 is 1.67 bits per heavy atom. The second kappa shape index (κ2) is 8.56. The van der Waals surface area contributed by atoms with Crippen molar-refractivity contribution in [2.45, 2.75) is 32.7 Å². The minimum atomic E-state index is -0.981. The topological polar surface area (TPSA) is 63.3 Å². The van der Waals surface area contributed by atoms with Crippen LogP contribution in [0.5, 0.6) is 0 Å². The maximum atomic E-state index is 9.25. The third-order valence-electron chi connectivity index (χ3n) is 1.09. The van der Waals surface area contributed by atoms with Crippen molar-refractivity contribution in [3.05, 3.63) is 12.7 Å². The highest BCUT2D eigenvalue weighted by Gasteiger charge is 2.03. The lowest BCUT2D eigenvalue weighted by molar-refractivity contribution is -0.131. The van der Waals surface area contributed by atoms with Gasteiger partial charge in [-0.15, -0.1) is 12.4 Å². The molecule has 0 saturated heterocycles. The molecule has 0 aromatic carbocycles. The first-order valence-electron chi connectivity index (χ1n) is 3.47. The van der Waals surface area contributed by atoms with Gasteiger partial charge in [0.05, 0.1) is 0 Å². The van der Waals surface area contributed by atoms with Gasteiger partial charge in [-0.1, -0.05) is 13.5 Å². The molecule has 0 bridgehead atoms. The van der Waals surface area contributed by atoms with Gasteiger partial charge in [0, 0.05) is 11.6 Å². The van der Waals surface area contributed by atoms with E-state index in [1.165, 1.54) is 0 Å². The molecule has 0 spiro atoms. The Hall–Kier alpha value is -0.540. The monoisotopic (exact) mass is 195 g/mol. The highest BCUT2D eigenvalue weighted by atomic mass is 35.5. The second-order valence-corrected chi connectivity index (χ2v) is 2.88. The lowest BCUT2D eigenvalue weighted by Crippen LogP contribution is -2.30. The third kappa shape index (κ3) is 34.0. The highest BCUT2D eigenvalue weighted by molar-refractivity contribution is 5.85. The van der Waals surface area contributed by atoms with E-state index >= 15 is 0 Å². The van der Waals surface area contributed by atoms with Gasteiger partial charge >= 0.3 is 5.97 Å². The van der Waals surface area contributed by atoms with Crippen LogP contribution in [0.25, 0.3) is 0 Å². The summed E-state index contributed by atoms with van der Waals surface area (Å²) in [7, 11) is 0. The van der Waals surface area contributed by atoms with Crippen LogP contribution in [0.15, 0.2) is 12.7 Å². The number of carbonyl (C=O) groups is 1. The van der Waals surface area contributed by atoms with Crippen LogP contribution in [-0.2, 0) is 4.79 Å². The summed E-state index contributed by atoms with van der Waals surface area (Å²) in [5.74, 6) is -0.981. The van der Waals surface area contributed by atoms with Gasteiger partial charge in [-0.25, -0.2) is 4.79 Å². The van der Waals surface area contributed by atoms with Crippen LogP contribution in [0.3, 0.4) is 0 Å². The molecule has 4 heteroatoms. The predicted molar refractivity (Wildman–Crippen MR) is 53.6 cm³/mol. The summed E-state index contributed by atoms with van der Waals surface area (Å²) >= 11 is 0. The molecule has 0 rings (SSSR count). The van der Waals surface area contributed by atoms with Gasteiger partial charge in [0.15, 0.2) is 0 Å². The van der Waals surface area contributed by atoms with E-state index in [-0.39, 0.29) is 17.9 Å². The Morgan fingerprint density at radius 3 is 1.83 bits per heavy atom. The van der Waals surface area contributed by atoms with Crippen LogP contribution in [0.2, 0.25) is 0 Å². The maximum Gasteiger partial charge on any atom is 0.327 e. The summed E-state index contributed by atoms with van der Waals surface area (Å²) < 4.78 is 0. The van der Waals surface area contributed by atoms with Crippen molar-refractivity contribution in [3.63, 3.8) is 0 Å². The van der Waals surface area contributed by atoms with E-state index in [0.29, 0.717) is 0 Å². The first kappa shape index (κ1) is 17.5. The fraction of sp³-hybridized carbons (Fsp3) is 0.625. The minimum Gasteiger partial charge on any atom is -0.478 e. The quantitative estimate of drug-likeness (QED) is 0.661. The van der Waals surface area contributed by atoms with Crippen LogP contribution < -0.4 is 5.73 Å². The van der Waals surface area contributed by atoms with E-state index in [1.807, 2.05) is 13.8 Å². The number of nitrogens with two attached hydrogens (primary N) is 1. The fourth-order valence-electron chi connectivity index (χ4n) is 0. The molecule has 0 aromatic heterocycles. The molecular weight excluding hydrogens is 178 g/mol. The SMILES string of the molecule is C=CC(=O)O.CCC(C)(C)N.Cl. The number of hydrogen-bond acceptors (Lipinski definition) is 2. The van der Waals surface area contributed by atoms with Gasteiger partial charge < -0.3 is 10.8 Å². The van der Waals surface area contributed by atoms with Crippen molar-refractivity contribution < 1.29 is 9.90 Å². The Labute approximate surface area is 80.1 Å². The smallest absolute Gasteiger partial charge is 0.327 e. The fourth-order valence-corrected chi connectivity index (χ4v) is 0. The molecule has 0 saturated carbocycles. The van der Waals surface area contributed by atoms with Crippen LogP contribution in [0.1, 0.15) is 27.2 Å². The number of hydrogen-bond donors (Lipinski definition) is 2. The van der Waals surface area contributed by atoms with E-state index in [4.69, 9.17) is 10.8 Å². The standard InChI is InChI=1S/C5H13N.C3H4O2.ClH/c1-4-5(2,3)6;1-2-3(4)5;/h4,6H2,1-3H3;2H,1H2,(H,4,5);1H. The van der Waals surface area contributed by atoms with E-state index < -0.39 is 5.97 Å². The molecule has 0 atom stereocenters. The molecule has 0 fully saturated rings. The minimum absolute atomic E-state index is 0. The molecule has 0 aliphatic heterocycles. The van der Waals surface area contributed by atoms with Crippen molar-refractivity contribution in [3.8, 4) is 0 Å². The average Bonchev–Trinajstić information content (AvgIpc) is 1.88. The summed E-state index contributed by atoms with van der Waals surface area (Å²) in [4.78, 5) is 9.25. The van der Waals surface area contributed by atoms with Gasteiger partial charge in [-0.2, -0.15) is 0 Å². The van der Waals surface area contributed by atoms with Crippen molar-refractivity contribution in [2.75, 3.05) is 0 Å². The molecule has 0 aliphatic carbocycles. The van der Waals surface area contributed by atoms with Crippen LogP contribution in [-0.4, -0.2) is 16.6 Å². The molecule has 0 aromatic rings. The van der Waals surface area contributed by atoms with Crippen molar-refractivity contribution >= 4 is 18.4 Å². The van der Waals surface area contributed by atoms with Gasteiger partial charge in [0.25, 0.3) is 0 Å². The molecule has 3 nitrogen and oxygen atoms in total. The van der Waals surface area contributed by atoms with Crippen LogP contribution in [0, 0.1) is 0 Å². The largest absolute Gasteiger partial charge is 0.478 e. The highest BCUT2D eigenvalue weighted by Crippen LogP contribution is 1.99. The van der Waals surface area contributed by atoms with E-state index in [2.05, 4.69) is 13.5 Å². The van der Waals surface area contributed by atoms with E-state index in [1.54, 1.807) is 0 Å². The predicted octanol–water partition coefficient (Wildman–Crippen LogP) is 1.81. The molecule has 0 unspecified atom stereocenters. The molecule has 12 heavy (non-hydrogen) atoms. The lowest BCUT2D eigenvalue weighted by atomic mass is 10.1. The van der Waals surface area contributed by atoms with E-state index in [9.17, 15) is 4.79 Å². The van der Waals surface area contributed by atoms with Crippen molar-refractivity contribution in [2.24, 2.45) is 5.73 Å². The Balaban J connectivity index is -0.000000126. The zero-order chi connectivity index (χ0) is 9.49. The Bertz CT molecular complexity index is 130. The molecule has 3 N–H and O–H groups in total. The van der Waals surface area contributed by atoms with Gasteiger partial charge in [-0.3, -0.25) is 0 Å². The number of aliphatic carboxylic acids is 1. The summed E-state index contributed by atoms with van der Waals surface area (Å²) in [6, 6.07) is 0. The molecule has 74 valence electrons. The van der Waals surface area contributed by atoms with Crippen LogP contribution >= 0.6 is 12.4 Å². The van der Waals surface area contributed by atoms with Crippen molar-refractivity contribution in [1.82, 2.24) is 0 Å². The van der Waals surface area contributed by atoms with Crippen LogP contribution in [0.4, 0.5) is 0 Å². The molecule has 0 aliphatic rings. The molecular formula is C8H18ClNO2. The first-order valence-corrected chi connectivity index (χ1v) is 3.47. The lowest BCUT2D eigenvalue weighted by Gasteiger charge is -2.13. The summed E-state index contributed by atoms with van der Waals surface area (Å²) in [6.45, 7) is 9.09. The Kier molecular flexibility index (Phi) is 12.5. The molecule has 0 radical (unpaired) electrons. The summed E-state index contributed by atoms with van der Waals surface area (Å²) in [5, 5.41) is 7.60. The average molecular weight is 196 g/mol. The van der Waals surface area contributed by atoms with Gasteiger partial charge in [0.2, 0.25) is 0 Å². The van der Waals surface area contributed by atoms with Gasteiger partial charge in [-0.05, 0) is 20.3 Å². The van der Waals surface area contributed by atoms with Crippen molar-refractivity contribution in [1.29, 1.82) is 0 Å². The third-order valence-corrected chi connectivity index (χ3v) is 1.09. The Morgan fingerprint density at radius 2 is 1.83 bits per heavy atom. The number of carboxylic acids is 1. The summed E-state index contributed by atoms with van der Waals surface area (Å²) in [5.41, 5.74) is 5.58. The molecule has 0 amide bonds. The maximum absolute atomic E-state index is 9.25. The first-order chi connectivity index (χ1) is 4.83. The van der Waals surface area contributed by atoms with Gasteiger partial charge in [0.1, 0.15) is 0 Å². The van der Waals surface area contributed by atoms with E-state index in [0.717, 1.165) is 12.5 Å². The molecule has 0 heterocycles. The number of carboxylic acid groups (broad SMARTS) is 1. The number of rotatable bonds is 2. The summed E-state index contributed by atoms with van der Waals surface area (Å²) in [6.07, 6.45) is 1.88. The number of halogens is 1. The second-order valence-electron chi connectivity index (χ2n) is 2.88.